The van der Waals surface area contributed by atoms with Gasteiger partial charge in [0.1, 0.15) is 6.04 Å². The van der Waals surface area contributed by atoms with Gasteiger partial charge in [0.25, 0.3) is 0 Å². The van der Waals surface area contributed by atoms with Crippen molar-refractivity contribution in [2.45, 2.75) is 26.3 Å². The lowest BCUT2D eigenvalue weighted by atomic mass is 10.1. The van der Waals surface area contributed by atoms with Gasteiger partial charge in [-0.25, -0.2) is 0 Å². The lowest BCUT2D eigenvalue weighted by Gasteiger charge is -2.37. The zero-order valence-electron chi connectivity index (χ0n) is 10.4. The summed E-state index contributed by atoms with van der Waals surface area (Å²) in [5, 5.41) is 2.91. The monoisotopic (exact) mass is 233 g/mol. The molecule has 4 heteroatoms. The minimum atomic E-state index is -0.0638. The van der Waals surface area contributed by atoms with Crippen LogP contribution in [0.2, 0.25) is 0 Å². The summed E-state index contributed by atoms with van der Waals surface area (Å²) in [5.74, 6) is 0.120. The summed E-state index contributed by atoms with van der Waals surface area (Å²) in [6, 6.07) is 5.79. The second kappa shape index (κ2) is 4.65. The fourth-order valence-corrected chi connectivity index (χ4v) is 2.41. The highest BCUT2D eigenvalue weighted by Gasteiger charge is 2.28. The lowest BCUT2D eigenvalue weighted by molar-refractivity contribution is -0.123. The Balaban J connectivity index is 2.33. The molecular formula is C13H19N3O. The van der Waals surface area contributed by atoms with Gasteiger partial charge in [0.05, 0.1) is 0 Å². The van der Waals surface area contributed by atoms with Crippen LogP contribution >= 0.6 is 0 Å². The van der Waals surface area contributed by atoms with Crippen molar-refractivity contribution in [1.29, 1.82) is 0 Å². The zero-order chi connectivity index (χ0) is 12.4. The van der Waals surface area contributed by atoms with Crippen LogP contribution in [0.25, 0.3) is 0 Å². The largest absolute Gasteiger partial charge is 0.399 e. The standard InChI is InChI=1S/C13H19N3O/c1-3-11-13(17)15-6-7-16(11)12-5-4-10(14)8-9(12)2/h4-5,8,11H,3,6-7,14H2,1-2H3,(H,15,17). The quantitative estimate of drug-likeness (QED) is 0.757. The summed E-state index contributed by atoms with van der Waals surface area (Å²) in [4.78, 5) is 14.0. The van der Waals surface area contributed by atoms with Crippen LogP contribution in [0, 0.1) is 6.92 Å². The van der Waals surface area contributed by atoms with Crippen LogP contribution < -0.4 is 16.0 Å². The Labute approximate surface area is 102 Å². The average Bonchev–Trinajstić information content (AvgIpc) is 2.29. The number of nitrogens with one attached hydrogen (secondary N) is 1. The van der Waals surface area contributed by atoms with Crippen LogP contribution in [0.15, 0.2) is 18.2 Å². The molecule has 92 valence electrons. The highest BCUT2D eigenvalue weighted by molar-refractivity contribution is 5.86. The number of piperazine rings is 1. The van der Waals surface area contributed by atoms with E-state index in [0.717, 1.165) is 29.9 Å². The van der Waals surface area contributed by atoms with Crippen molar-refractivity contribution < 1.29 is 4.79 Å². The van der Waals surface area contributed by atoms with Crippen molar-refractivity contribution in [2.75, 3.05) is 23.7 Å². The summed E-state index contributed by atoms with van der Waals surface area (Å²) in [6.07, 6.45) is 0.815. The van der Waals surface area contributed by atoms with Gasteiger partial charge in [-0.05, 0) is 37.1 Å². The Hall–Kier alpha value is -1.71. The molecule has 1 atom stereocenters. The number of benzene rings is 1. The van der Waals surface area contributed by atoms with Gasteiger partial charge < -0.3 is 16.0 Å². The summed E-state index contributed by atoms with van der Waals surface area (Å²) in [5.41, 5.74) is 8.75. The van der Waals surface area contributed by atoms with Crippen LogP contribution in [-0.4, -0.2) is 25.0 Å². The molecule has 0 spiro atoms. The molecule has 0 saturated carbocycles. The molecule has 3 N–H and O–H groups in total. The second-order valence-corrected chi connectivity index (χ2v) is 4.45. The first-order valence-corrected chi connectivity index (χ1v) is 6.04. The van der Waals surface area contributed by atoms with E-state index in [-0.39, 0.29) is 11.9 Å². The molecule has 1 heterocycles. The Morgan fingerprint density at radius 3 is 2.94 bits per heavy atom. The van der Waals surface area contributed by atoms with Gasteiger partial charge in [0.2, 0.25) is 5.91 Å². The third-order valence-corrected chi connectivity index (χ3v) is 3.25. The molecule has 1 unspecified atom stereocenters. The number of hydrogen-bond donors (Lipinski definition) is 2. The SMILES string of the molecule is CCC1C(=O)NCCN1c1ccc(N)cc1C. The maximum absolute atomic E-state index is 11.8. The number of nitrogens with two attached hydrogens (primary N) is 1. The van der Waals surface area contributed by atoms with E-state index in [1.807, 2.05) is 32.0 Å². The lowest BCUT2D eigenvalue weighted by Crippen LogP contribution is -2.55. The molecule has 17 heavy (non-hydrogen) atoms. The Morgan fingerprint density at radius 1 is 1.53 bits per heavy atom. The maximum Gasteiger partial charge on any atom is 0.242 e. The molecule has 2 rings (SSSR count). The van der Waals surface area contributed by atoms with Gasteiger partial charge in [-0.1, -0.05) is 6.92 Å². The van der Waals surface area contributed by atoms with Crippen LogP contribution in [-0.2, 0) is 4.79 Å². The molecule has 1 saturated heterocycles. The van der Waals surface area contributed by atoms with Gasteiger partial charge >= 0.3 is 0 Å². The number of aryl methyl sites for hydroxylation is 1. The van der Waals surface area contributed by atoms with Crippen molar-refractivity contribution in [3.05, 3.63) is 23.8 Å². The van der Waals surface area contributed by atoms with E-state index in [4.69, 9.17) is 5.73 Å². The second-order valence-electron chi connectivity index (χ2n) is 4.45. The molecule has 1 aromatic rings. The first kappa shape index (κ1) is 11.8. The Bertz CT molecular complexity index is 431. The number of nitrogen functional groups attached to an aromatic ring is 1. The predicted octanol–water partition coefficient (Wildman–Crippen LogP) is 1.29. The molecule has 0 aromatic heterocycles. The molecule has 0 aliphatic carbocycles. The third kappa shape index (κ3) is 2.20. The molecule has 1 aromatic carbocycles. The fraction of sp³-hybridized carbons (Fsp3) is 0.462. The number of rotatable bonds is 2. The number of hydrogen-bond acceptors (Lipinski definition) is 3. The van der Waals surface area contributed by atoms with E-state index in [1.165, 1.54) is 0 Å². The summed E-state index contributed by atoms with van der Waals surface area (Å²) in [6.45, 7) is 5.63. The van der Waals surface area contributed by atoms with E-state index in [0.29, 0.717) is 6.54 Å². The first-order valence-electron chi connectivity index (χ1n) is 6.04. The highest BCUT2D eigenvalue weighted by atomic mass is 16.2. The normalized spacial score (nSPS) is 20.2. The molecule has 0 radical (unpaired) electrons. The van der Waals surface area contributed by atoms with Crippen molar-refractivity contribution in [3.8, 4) is 0 Å². The number of carbonyl (C=O) groups excluding carboxylic acids is 1. The van der Waals surface area contributed by atoms with Gasteiger partial charge in [0, 0.05) is 24.5 Å². The smallest absolute Gasteiger partial charge is 0.242 e. The van der Waals surface area contributed by atoms with Gasteiger partial charge in [-0.3, -0.25) is 4.79 Å². The maximum atomic E-state index is 11.8. The minimum absolute atomic E-state index is 0.0638. The number of amides is 1. The van der Waals surface area contributed by atoms with Crippen LogP contribution in [0.3, 0.4) is 0 Å². The topological polar surface area (TPSA) is 58.4 Å². The van der Waals surface area contributed by atoms with Gasteiger partial charge in [0.15, 0.2) is 0 Å². The number of nitrogens with zero attached hydrogens (tertiary/aromatic N) is 1. The van der Waals surface area contributed by atoms with Crippen LogP contribution in [0.5, 0.6) is 0 Å². The van der Waals surface area contributed by atoms with Crippen molar-refractivity contribution in [3.63, 3.8) is 0 Å². The summed E-state index contributed by atoms with van der Waals surface area (Å²) in [7, 11) is 0. The van der Waals surface area contributed by atoms with Crippen molar-refractivity contribution in [2.24, 2.45) is 0 Å². The summed E-state index contributed by atoms with van der Waals surface area (Å²) >= 11 is 0. The predicted molar refractivity (Wildman–Crippen MR) is 70.0 cm³/mol. The van der Waals surface area contributed by atoms with Crippen molar-refractivity contribution >= 4 is 17.3 Å². The number of carbonyl (C=O) groups is 1. The first-order chi connectivity index (χ1) is 8.13. The van der Waals surface area contributed by atoms with Crippen LogP contribution in [0.1, 0.15) is 18.9 Å². The van der Waals surface area contributed by atoms with E-state index >= 15 is 0 Å². The molecular weight excluding hydrogens is 214 g/mol. The third-order valence-electron chi connectivity index (χ3n) is 3.25. The molecule has 4 nitrogen and oxygen atoms in total. The minimum Gasteiger partial charge on any atom is -0.399 e. The fourth-order valence-electron chi connectivity index (χ4n) is 2.41. The van der Waals surface area contributed by atoms with E-state index in [9.17, 15) is 4.79 Å². The molecule has 1 fully saturated rings. The van der Waals surface area contributed by atoms with E-state index < -0.39 is 0 Å². The molecule has 1 aliphatic rings. The Kier molecular flexibility index (Phi) is 3.22. The molecule has 1 aliphatic heterocycles. The zero-order valence-corrected chi connectivity index (χ0v) is 10.4. The highest BCUT2D eigenvalue weighted by Crippen LogP contribution is 2.26. The Morgan fingerprint density at radius 2 is 2.29 bits per heavy atom. The van der Waals surface area contributed by atoms with Crippen LogP contribution in [0.4, 0.5) is 11.4 Å². The van der Waals surface area contributed by atoms with E-state index in [1.54, 1.807) is 0 Å². The molecule has 1 amide bonds. The number of anilines is 2. The van der Waals surface area contributed by atoms with Crippen molar-refractivity contribution in [1.82, 2.24) is 5.32 Å². The summed E-state index contributed by atoms with van der Waals surface area (Å²) < 4.78 is 0. The van der Waals surface area contributed by atoms with Gasteiger partial charge in [-0.15, -0.1) is 0 Å². The molecule has 0 bridgehead atoms. The average molecular weight is 233 g/mol. The van der Waals surface area contributed by atoms with Gasteiger partial charge in [-0.2, -0.15) is 0 Å². The van der Waals surface area contributed by atoms with E-state index in [2.05, 4.69) is 10.2 Å².